The zero-order valence-electron chi connectivity index (χ0n) is 21.6. The number of ether oxygens (including phenoxy) is 1. The third kappa shape index (κ3) is 7.71. The van der Waals surface area contributed by atoms with Crippen LogP contribution < -0.4 is 14.4 Å². The van der Waals surface area contributed by atoms with E-state index in [-0.39, 0.29) is 40.5 Å². The van der Waals surface area contributed by atoms with E-state index in [0.717, 1.165) is 18.4 Å². The number of hydrogen-bond acceptors (Lipinski definition) is 7. The molecule has 11 nitrogen and oxygen atoms in total. The topological polar surface area (TPSA) is 139 Å². The number of halogens is 2. The van der Waals surface area contributed by atoms with E-state index in [9.17, 15) is 28.1 Å². The number of sulfonamides is 1. The number of rotatable bonds is 12. The van der Waals surface area contributed by atoms with Gasteiger partial charge >= 0.3 is 0 Å². The molecule has 0 heterocycles. The second-order valence-corrected chi connectivity index (χ2v) is 11.4. The molecule has 0 aliphatic heterocycles. The summed E-state index contributed by atoms with van der Waals surface area (Å²) in [6.45, 7) is 4.27. The van der Waals surface area contributed by atoms with Crippen molar-refractivity contribution < 1.29 is 27.7 Å². The summed E-state index contributed by atoms with van der Waals surface area (Å²) in [5.74, 6) is -1.21. The number of hydrogen-bond donors (Lipinski definition) is 1. The maximum Gasteiger partial charge on any atom is 0.271 e. The van der Waals surface area contributed by atoms with Crippen molar-refractivity contribution in [1.29, 1.82) is 0 Å². The second-order valence-electron chi connectivity index (χ2n) is 8.69. The number of non-ortho nitro benzene ring substituents is 1. The SMILES string of the molecule is CC[C@H](C(=O)NC(C)C)N(Cc1c(Cl)cccc1Cl)C(=O)CN(c1cc([N+](=O)[O-])ccc1OC)S(C)(=O)=O. The van der Waals surface area contributed by atoms with Gasteiger partial charge in [-0.25, -0.2) is 8.42 Å². The van der Waals surface area contributed by atoms with E-state index in [4.69, 9.17) is 27.9 Å². The average Bonchev–Trinajstić information content (AvgIpc) is 2.82. The fourth-order valence-corrected chi connectivity index (χ4v) is 5.10. The quantitative estimate of drug-likeness (QED) is 0.292. The van der Waals surface area contributed by atoms with Crippen molar-refractivity contribution >= 4 is 56.4 Å². The molecule has 0 aliphatic rings. The predicted molar refractivity (Wildman–Crippen MR) is 146 cm³/mol. The van der Waals surface area contributed by atoms with Crippen LogP contribution in [-0.2, 0) is 26.2 Å². The Balaban J connectivity index is 2.62. The number of anilines is 1. The lowest BCUT2D eigenvalue weighted by atomic mass is 10.1. The number of methoxy groups -OCH3 is 1. The van der Waals surface area contributed by atoms with Crippen molar-refractivity contribution in [3.63, 3.8) is 0 Å². The Morgan fingerprint density at radius 1 is 1.16 bits per heavy atom. The average molecular weight is 589 g/mol. The van der Waals surface area contributed by atoms with Crippen LogP contribution >= 0.6 is 23.2 Å². The molecule has 0 aliphatic carbocycles. The van der Waals surface area contributed by atoms with Crippen molar-refractivity contribution in [1.82, 2.24) is 10.2 Å². The number of nitro groups is 1. The van der Waals surface area contributed by atoms with E-state index in [1.54, 1.807) is 39.0 Å². The minimum Gasteiger partial charge on any atom is -0.495 e. The highest BCUT2D eigenvalue weighted by molar-refractivity contribution is 7.92. The smallest absolute Gasteiger partial charge is 0.271 e. The number of nitro benzene ring substituents is 1. The summed E-state index contributed by atoms with van der Waals surface area (Å²) in [5.41, 5.74) is -0.226. The summed E-state index contributed by atoms with van der Waals surface area (Å²) in [5, 5.41) is 14.7. The molecule has 0 saturated carbocycles. The van der Waals surface area contributed by atoms with Crippen LogP contribution in [0.3, 0.4) is 0 Å². The van der Waals surface area contributed by atoms with E-state index in [1.165, 1.54) is 18.1 Å². The summed E-state index contributed by atoms with van der Waals surface area (Å²) in [7, 11) is -2.89. The zero-order chi connectivity index (χ0) is 28.8. The molecule has 0 aromatic heterocycles. The Morgan fingerprint density at radius 2 is 1.76 bits per heavy atom. The number of carbonyl (C=O) groups excluding carboxylic acids is 2. The standard InChI is InChI=1S/C24H30Cl2N4O7S/c1-6-20(24(32)27-15(2)3)28(13-17-18(25)8-7-9-19(17)26)23(31)14-29(38(5,35)36)21-12-16(30(33)34)10-11-22(21)37-4/h7-12,15,20H,6,13-14H2,1-5H3,(H,27,32)/t20-/m1/s1. The Labute approximate surface area is 231 Å². The molecule has 1 atom stereocenters. The van der Waals surface area contributed by atoms with Gasteiger partial charge in [-0.1, -0.05) is 36.2 Å². The first-order chi connectivity index (χ1) is 17.7. The van der Waals surface area contributed by atoms with Crippen molar-refractivity contribution in [2.24, 2.45) is 0 Å². The van der Waals surface area contributed by atoms with E-state index in [1.807, 2.05) is 0 Å². The molecule has 0 bridgehead atoms. The summed E-state index contributed by atoms with van der Waals surface area (Å²) in [6, 6.07) is 6.97. The highest BCUT2D eigenvalue weighted by Crippen LogP contribution is 2.34. The van der Waals surface area contributed by atoms with Crippen LogP contribution in [0.4, 0.5) is 11.4 Å². The van der Waals surface area contributed by atoms with Gasteiger partial charge in [0, 0.05) is 40.3 Å². The summed E-state index contributed by atoms with van der Waals surface area (Å²) in [4.78, 5) is 38.7. The zero-order valence-corrected chi connectivity index (χ0v) is 23.9. The molecule has 2 amide bonds. The van der Waals surface area contributed by atoms with Gasteiger partial charge < -0.3 is 15.0 Å². The van der Waals surface area contributed by atoms with Gasteiger partial charge in [0.05, 0.1) is 18.3 Å². The minimum atomic E-state index is -4.15. The van der Waals surface area contributed by atoms with Crippen LogP contribution in [-0.4, -0.2) is 62.0 Å². The molecule has 0 spiro atoms. The van der Waals surface area contributed by atoms with Crippen molar-refractivity contribution in [2.45, 2.75) is 45.8 Å². The maximum absolute atomic E-state index is 13.8. The van der Waals surface area contributed by atoms with Gasteiger partial charge in [-0.15, -0.1) is 0 Å². The molecule has 1 N–H and O–H groups in total. The van der Waals surface area contributed by atoms with Crippen LogP contribution in [0.25, 0.3) is 0 Å². The molecular weight excluding hydrogens is 559 g/mol. The Kier molecular flexibility index (Phi) is 10.7. The first-order valence-corrected chi connectivity index (χ1v) is 14.1. The van der Waals surface area contributed by atoms with E-state index < -0.39 is 45.0 Å². The monoisotopic (exact) mass is 588 g/mol. The summed E-state index contributed by atoms with van der Waals surface area (Å²) >= 11 is 12.7. The molecule has 38 heavy (non-hydrogen) atoms. The molecule has 14 heteroatoms. The lowest BCUT2D eigenvalue weighted by molar-refractivity contribution is -0.384. The van der Waals surface area contributed by atoms with Gasteiger partial charge in [0.15, 0.2) is 0 Å². The fourth-order valence-electron chi connectivity index (χ4n) is 3.74. The third-order valence-corrected chi connectivity index (χ3v) is 7.36. The lowest BCUT2D eigenvalue weighted by Gasteiger charge is -2.33. The maximum atomic E-state index is 13.8. The summed E-state index contributed by atoms with van der Waals surface area (Å²) < 4.78 is 31.6. The van der Waals surface area contributed by atoms with Crippen LogP contribution in [0.1, 0.15) is 32.8 Å². The van der Waals surface area contributed by atoms with Crippen molar-refractivity contribution in [2.75, 3.05) is 24.2 Å². The first-order valence-electron chi connectivity index (χ1n) is 11.5. The number of nitrogens with zero attached hydrogens (tertiary/aromatic N) is 3. The Bertz CT molecular complexity index is 1280. The highest BCUT2D eigenvalue weighted by atomic mass is 35.5. The number of carbonyl (C=O) groups is 2. The number of benzene rings is 2. The normalized spacial score (nSPS) is 12.1. The van der Waals surface area contributed by atoms with Crippen LogP contribution in [0.15, 0.2) is 36.4 Å². The highest BCUT2D eigenvalue weighted by Gasteiger charge is 2.34. The van der Waals surface area contributed by atoms with Crippen LogP contribution in [0, 0.1) is 10.1 Å². The van der Waals surface area contributed by atoms with Gasteiger partial charge in [-0.2, -0.15) is 0 Å². The van der Waals surface area contributed by atoms with E-state index in [2.05, 4.69) is 5.32 Å². The van der Waals surface area contributed by atoms with Gasteiger partial charge in [0.25, 0.3) is 5.69 Å². The molecule has 0 fully saturated rings. The van der Waals surface area contributed by atoms with Crippen LogP contribution in [0.2, 0.25) is 10.0 Å². The molecule has 2 aromatic rings. The molecule has 208 valence electrons. The number of amides is 2. The first kappa shape index (κ1) is 31.1. The van der Waals surface area contributed by atoms with Gasteiger partial charge in [0.2, 0.25) is 21.8 Å². The van der Waals surface area contributed by atoms with Gasteiger partial charge in [-0.3, -0.25) is 24.0 Å². The molecule has 0 saturated heterocycles. The predicted octanol–water partition coefficient (Wildman–Crippen LogP) is 4.01. The third-order valence-electron chi connectivity index (χ3n) is 5.53. The molecule has 2 rings (SSSR count). The Hall–Kier alpha value is -3.09. The van der Waals surface area contributed by atoms with Gasteiger partial charge in [-0.05, 0) is 38.5 Å². The van der Waals surface area contributed by atoms with E-state index in [0.29, 0.717) is 9.87 Å². The Morgan fingerprint density at radius 3 is 2.24 bits per heavy atom. The van der Waals surface area contributed by atoms with Crippen LogP contribution in [0.5, 0.6) is 5.75 Å². The van der Waals surface area contributed by atoms with E-state index >= 15 is 0 Å². The van der Waals surface area contributed by atoms with Crippen molar-refractivity contribution in [3.8, 4) is 5.75 Å². The molecule has 2 aromatic carbocycles. The molecular formula is C24H30Cl2N4O7S. The number of nitrogens with one attached hydrogen (secondary N) is 1. The molecule has 0 unspecified atom stereocenters. The molecule has 0 radical (unpaired) electrons. The van der Waals surface area contributed by atoms with Gasteiger partial charge in [0.1, 0.15) is 24.0 Å². The largest absolute Gasteiger partial charge is 0.495 e. The second kappa shape index (κ2) is 13.1. The summed E-state index contributed by atoms with van der Waals surface area (Å²) in [6.07, 6.45) is 1.06. The van der Waals surface area contributed by atoms with Crippen molar-refractivity contribution in [3.05, 3.63) is 62.1 Å². The fraction of sp³-hybridized carbons (Fsp3) is 0.417. The minimum absolute atomic E-state index is 0.000819. The lowest BCUT2D eigenvalue weighted by Crippen LogP contribution is -2.53.